The van der Waals surface area contributed by atoms with Gasteiger partial charge in [-0.15, -0.1) is 0 Å². The summed E-state index contributed by atoms with van der Waals surface area (Å²) < 4.78 is 7.11. The second-order valence-electron chi connectivity index (χ2n) is 5.67. The molecule has 0 radical (unpaired) electrons. The molecule has 1 aromatic rings. The highest BCUT2D eigenvalue weighted by Crippen LogP contribution is 2.17. The Morgan fingerprint density at radius 3 is 2.57 bits per heavy atom. The molecule has 1 saturated heterocycles. The molecular weight excluding hydrogens is 270 g/mol. The largest absolute Gasteiger partial charge is 0.503 e. The van der Waals surface area contributed by atoms with Crippen molar-refractivity contribution < 1.29 is 9.84 Å². The molecule has 1 aromatic heterocycles. The third-order valence-electron chi connectivity index (χ3n) is 4.09. The summed E-state index contributed by atoms with van der Waals surface area (Å²) in [6, 6.07) is 1.48. The zero-order valence-electron chi connectivity index (χ0n) is 13.1. The number of ether oxygens (including phenoxy) is 1. The zero-order chi connectivity index (χ0) is 15.4. The summed E-state index contributed by atoms with van der Waals surface area (Å²) in [7, 11) is 3.76. The molecule has 0 unspecified atom stereocenters. The minimum Gasteiger partial charge on any atom is -0.503 e. The van der Waals surface area contributed by atoms with Gasteiger partial charge in [0.25, 0.3) is 0 Å². The Bertz CT molecular complexity index is 534. The minimum atomic E-state index is -0.301. The summed E-state index contributed by atoms with van der Waals surface area (Å²) >= 11 is 0. The number of rotatable bonds is 5. The first-order chi connectivity index (χ1) is 10.0. The van der Waals surface area contributed by atoms with Gasteiger partial charge in [0.15, 0.2) is 5.75 Å². The van der Waals surface area contributed by atoms with E-state index in [0.717, 1.165) is 31.9 Å². The van der Waals surface area contributed by atoms with Crippen LogP contribution in [-0.4, -0.2) is 66.4 Å². The molecule has 0 aliphatic carbocycles. The normalized spacial score (nSPS) is 17.3. The molecule has 1 aliphatic rings. The molecule has 0 saturated carbocycles. The molecule has 21 heavy (non-hydrogen) atoms. The number of aryl methyl sites for hydroxylation is 1. The Hall–Kier alpha value is -1.37. The van der Waals surface area contributed by atoms with Crippen molar-refractivity contribution in [2.75, 3.05) is 46.9 Å². The lowest BCUT2D eigenvalue weighted by molar-refractivity contribution is 0.141. The number of pyridine rings is 1. The smallest absolute Gasteiger partial charge is 0.223 e. The highest BCUT2D eigenvalue weighted by atomic mass is 16.5. The maximum atomic E-state index is 11.9. The van der Waals surface area contributed by atoms with E-state index in [1.807, 2.05) is 11.5 Å². The summed E-state index contributed by atoms with van der Waals surface area (Å²) in [6.07, 6.45) is 0. The average Bonchev–Trinajstić information content (AvgIpc) is 2.46. The van der Waals surface area contributed by atoms with Crippen molar-refractivity contribution in [1.29, 1.82) is 0 Å². The topological polar surface area (TPSA) is 57.9 Å². The third kappa shape index (κ3) is 3.84. The number of aromatic hydroxyl groups is 1. The molecule has 6 heteroatoms. The Morgan fingerprint density at radius 1 is 1.29 bits per heavy atom. The van der Waals surface area contributed by atoms with Gasteiger partial charge in [-0.1, -0.05) is 0 Å². The lowest BCUT2D eigenvalue weighted by Gasteiger charge is -2.33. The van der Waals surface area contributed by atoms with Crippen molar-refractivity contribution in [2.24, 2.45) is 0 Å². The van der Waals surface area contributed by atoms with Crippen molar-refractivity contribution in [2.45, 2.75) is 20.0 Å². The molecule has 0 spiro atoms. The van der Waals surface area contributed by atoms with Gasteiger partial charge in [-0.2, -0.15) is 0 Å². The summed E-state index contributed by atoms with van der Waals surface area (Å²) in [5, 5.41) is 10.2. The van der Waals surface area contributed by atoms with E-state index in [-0.39, 0.29) is 11.2 Å². The van der Waals surface area contributed by atoms with Crippen LogP contribution >= 0.6 is 0 Å². The molecule has 2 heterocycles. The molecular formula is C15H25N3O3. The van der Waals surface area contributed by atoms with Crippen LogP contribution in [0.3, 0.4) is 0 Å². The monoisotopic (exact) mass is 295 g/mol. The van der Waals surface area contributed by atoms with Gasteiger partial charge in [0.1, 0.15) is 0 Å². The number of nitrogens with zero attached hydrogens (tertiary/aromatic N) is 3. The van der Waals surface area contributed by atoms with Crippen molar-refractivity contribution in [3.8, 4) is 5.75 Å². The second-order valence-corrected chi connectivity index (χ2v) is 5.67. The highest BCUT2D eigenvalue weighted by molar-refractivity contribution is 5.29. The molecule has 1 aliphatic heterocycles. The lowest BCUT2D eigenvalue weighted by Crippen LogP contribution is -2.44. The van der Waals surface area contributed by atoms with Crippen LogP contribution in [0.25, 0.3) is 0 Å². The molecule has 6 nitrogen and oxygen atoms in total. The molecule has 2 rings (SSSR count). The van der Waals surface area contributed by atoms with Crippen LogP contribution in [0.5, 0.6) is 5.75 Å². The van der Waals surface area contributed by atoms with Gasteiger partial charge >= 0.3 is 0 Å². The van der Waals surface area contributed by atoms with Gasteiger partial charge in [0, 0.05) is 58.1 Å². The number of hydrogen-bond acceptors (Lipinski definition) is 5. The predicted octanol–water partition coefficient (Wildman–Crippen LogP) is 0.256. The van der Waals surface area contributed by atoms with Gasteiger partial charge in [-0.25, -0.2) is 0 Å². The van der Waals surface area contributed by atoms with Gasteiger partial charge in [0.05, 0.1) is 12.3 Å². The predicted molar refractivity (Wildman–Crippen MR) is 81.8 cm³/mol. The molecule has 0 atom stereocenters. The van der Waals surface area contributed by atoms with Crippen molar-refractivity contribution in [3.05, 3.63) is 27.7 Å². The second kappa shape index (κ2) is 7.06. The number of likely N-dealkylation sites (N-methyl/N-ethyl adjacent to an activating group) is 1. The van der Waals surface area contributed by atoms with Crippen LogP contribution in [0.4, 0.5) is 0 Å². The first kappa shape index (κ1) is 16.0. The van der Waals surface area contributed by atoms with E-state index in [2.05, 4.69) is 16.8 Å². The van der Waals surface area contributed by atoms with Crippen molar-refractivity contribution in [1.82, 2.24) is 14.4 Å². The van der Waals surface area contributed by atoms with Crippen molar-refractivity contribution >= 4 is 0 Å². The summed E-state index contributed by atoms with van der Waals surface area (Å²) in [4.78, 5) is 16.4. The molecule has 0 bridgehead atoms. The minimum absolute atomic E-state index is 0.129. The Balaban J connectivity index is 2.25. The number of hydrogen-bond donors (Lipinski definition) is 1. The number of aromatic nitrogens is 1. The molecule has 1 N–H and O–H groups in total. The molecule has 1 fully saturated rings. The maximum Gasteiger partial charge on any atom is 0.223 e. The van der Waals surface area contributed by atoms with E-state index in [4.69, 9.17) is 4.74 Å². The summed E-state index contributed by atoms with van der Waals surface area (Å²) in [5.41, 5.74) is 1.26. The first-order valence-corrected chi connectivity index (χ1v) is 7.35. The Morgan fingerprint density at radius 2 is 1.95 bits per heavy atom. The van der Waals surface area contributed by atoms with E-state index in [0.29, 0.717) is 25.4 Å². The van der Waals surface area contributed by atoms with E-state index in [9.17, 15) is 9.90 Å². The summed E-state index contributed by atoms with van der Waals surface area (Å²) in [5.74, 6) is -0.129. The molecule has 0 amide bonds. The number of methoxy groups -OCH3 is 1. The van der Waals surface area contributed by atoms with E-state index in [1.165, 1.54) is 6.07 Å². The highest BCUT2D eigenvalue weighted by Gasteiger charge is 2.19. The van der Waals surface area contributed by atoms with Gasteiger partial charge in [-0.05, 0) is 14.0 Å². The van der Waals surface area contributed by atoms with Gasteiger partial charge in [0.2, 0.25) is 5.43 Å². The Labute approximate surface area is 125 Å². The zero-order valence-corrected chi connectivity index (χ0v) is 13.1. The number of piperazine rings is 1. The van der Waals surface area contributed by atoms with Gasteiger partial charge < -0.3 is 19.3 Å². The van der Waals surface area contributed by atoms with Gasteiger partial charge in [-0.3, -0.25) is 9.69 Å². The first-order valence-electron chi connectivity index (χ1n) is 7.35. The Kier molecular flexibility index (Phi) is 5.39. The van der Waals surface area contributed by atoms with E-state index in [1.54, 1.807) is 7.11 Å². The van der Waals surface area contributed by atoms with Crippen LogP contribution in [0.2, 0.25) is 0 Å². The average molecular weight is 295 g/mol. The SMILES string of the molecule is COCCn1c(C)cc(=O)c(O)c1CN1CCN(C)CC1. The van der Waals surface area contributed by atoms with Crippen molar-refractivity contribution in [3.63, 3.8) is 0 Å². The fourth-order valence-electron chi connectivity index (χ4n) is 2.69. The van der Waals surface area contributed by atoms with E-state index >= 15 is 0 Å². The van der Waals surface area contributed by atoms with Crippen LogP contribution in [0.15, 0.2) is 10.9 Å². The van der Waals surface area contributed by atoms with Crippen LogP contribution in [0, 0.1) is 6.92 Å². The standard InChI is InChI=1S/C15H25N3O3/c1-12-10-14(19)15(20)13(18(12)8-9-21-3)11-17-6-4-16(2)5-7-17/h10,20H,4-9,11H2,1-3H3. The van der Waals surface area contributed by atoms with Crippen LogP contribution < -0.4 is 5.43 Å². The van der Waals surface area contributed by atoms with Crippen LogP contribution in [-0.2, 0) is 17.8 Å². The summed E-state index contributed by atoms with van der Waals surface area (Å²) in [6.45, 7) is 7.59. The fraction of sp³-hybridized carbons (Fsp3) is 0.667. The maximum absolute atomic E-state index is 11.9. The van der Waals surface area contributed by atoms with Crippen LogP contribution in [0.1, 0.15) is 11.4 Å². The third-order valence-corrected chi connectivity index (χ3v) is 4.09. The lowest BCUT2D eigenvalue weighted by atomic mass is 10.2. The quantitative estimate of drug-likeness (QED) is 0.844. The fourth-order valence-corrected chi connectivity index (χ4v) is 2.69. The van der Waals surface area contributed by atoms with E-state index < -0.39 is 0 Å². The molecule has 0 aromatic carbocycles. The molecule has 118 valence electrons.